The first-order valence-electron chi connectivity index (χ1n) is 7.44. The first-order valence-corrected chi connectivity index (χ1v) is 9.71. The van der Waals surface area contributed by atoms with Crippen LogP contribution in [0.15, 0.2) is 47.4 Å². The Labute approximate surface area is 147 Å². The zero-order chi connectivity index (χ0) is 17.9. The average molecular weight is 367 g/mol. The van der Waals surface area contributed by atoms with Gasteiger partial charge < -0.3 is 4.74 Å². The molecule has 2 rings (SSSR count). The Kier molecular flexibility index (Phi) is 5.67. The molecule has 0 spiro atoms. The highest BCUT2D eigenvalue weighted by molar-refractivity contribution is 7.90. The molecule has 6 heteroatoms. The van der Waals surface area contributed by atoms with E-state index in [0.29, 0.717) is 5.92 Å². The molecule has 0 aliphatic rings. The van der Waals surface area contributed by atoms with Crippen molar-refractivity contribution in [2.45, 2.75) is 31.3 Å². The van der Waals surface area contributed by atoms with E-state index in [-0.39, 0.29) is 22.1 Å². The number of benzene rings is 2. The lowest BCUT2D eigenvalue weighted by Gasteiger charge is -2.09. The van der Waals surface area contributed by atoms with Gasteiger partial charge in [-0.25, -0.2) is 13.2 Å². The maximum Gasteiger partial charge on any atom is 0.340 e. The monoisotopic (exact) mass is 366 g/mol. The van der Waals surface area contributed by atoms with Crippen LogP contribution in [-0.4, -0.2) is 20.6 Å². The molecule has 0 aromatic heterocycles. The maximum absolute atomic E-state index is 12.2. The van der Waals surface area contributed by atoms with E-state index in [1.807, 2.05) is 24.3 Å². The first kappa shape index (κ1) is 18.5. The highest BCUT2D eigenvalue weighted by Crippen LogP contribution is 2.22. The second-order valence-electron chi connectivity index (χ2n) is 5.89. The van der Waals surface area contributed by atoms with Crippen LogP contribution in [0, 0.1) is 0 Å². The third-order valence-corrected chi connectivity index (χ3v) is 5.04. The molecule has 2 aromatic rings. The van der Waals surface area contributed by atoms with Gasteiger partial charge in [-0.2, -0.15) is 0 Å². The van der Waals surface area contributed by atoms with E-state index in [2.05, 4.69) is 13.8 Å². The summed E-state index contributed by atoms with van der Waals surface area (Å²) >= 11 is 5.98. The van der Waals surface area contributed by atoms with Gasteiger partial charge in [-0.05, 0) is 35.2 Å². The summed E-state index contributed by atoms with van der Waals surface area (Å²) in [5.74, 6) is -0.224. The molecule has 0 fully saturated rings. The maximum atomic E-state index is 12.2. The quantitative estimate of drug-likeness (QED) is 0.743. The molecule has 0 aliphatic heterocycles. The van der Waals surface area contributed by atoms with Gasteiger partial charge in [-0.1, -0.05) is 49.7 Å². The Morgan fingerprint density at radius 2 is 1.75 bits per heavy atom. The summed E-state index contributed by atoms with van der Waals surface area (Å²) in [5.41, 5.74) is 2.09. The van der Waals surface area contributed by atoms with E-state index in [9.17, 15) is 13.2 Å². The molecule has 0 N–H and O–H groups in total. The minimum atomic E-state index is -3.42. The molecule has 0 bridgehead atoms. The number of carbonyl (C=O) groups excluding carboxylic acids is 1. The topological polar surface area (TPSA) is 60.4 Å². The molecule has 0 aliphatic carbocycles. The van der Waals surface area contributed by atoms with Crippen LogP contribution in [0.5, 0.6) is 0 Å². The van der Waals surface area contributed by atoms with Crippen molar-refractivity contribution in [1.82, 2.24) is 0 Å². The molecule has 0 saturated heterocycles. The molecular formula is C18H19ClO4S. The Bertz CT molecular complexity index is 840. The SMILES string of the molecule is CC(C)c1ccc(COC(=O)c2cc(S(C)(=O)=O)ccc2Cl)cc1. The second-order valence-corrected chi connectivity index (χ2v) is 8.31. The van der Waals surface area contributed by atoms with Gasteiger partial charge in [0.15, 0.2) is 9.84 Å². The molecule has 0 unspecified atom stereocenters. The first-order chi connectivity index (χ1) is 11.2. The summed E-state index contributed by atoms with van der Waals surface area (Å²) < 4.78 is 28.4. The normalized spacial score (nSPS) is 11.5. The smallest absolute Gasteiger partial charge is 0.340 e. The van der Waals surface area contributed by atoms with Gasteiger partial charge in [-0.3, -0.25) is 0 Å². The molecule has 0 saturated carbocycles. The Hall–Kier alpha value is -1.85. The van der Waals surface area contributed by atoms with Crippen molar-refractivity contribution >= 4 is 27.4 Å². The Morgan fingerprint density at radius 1 is 1.12 bits per heavy atom. The van der Waals surface area contributed by atoms with Gasteiger partial charge in [0, 0.05) is 6.26 Å². The molecule has 128 valence electrons. The van der Waals surface area contributed by atoms with Crippen molar-refractivity contribution in [3.8, 4) is 0 Å². The van der Waals surface area contributed by atoms with Crippen LogP contribution in [0.1, 0.15) is 41.3 Å². The lowest BCUT2D eigenvalue weighted by molar-refractivity contribution is 0.0472. The predicted octanol–water partition coefficient (Wildman–Crippen LogP) is 4.22. The highest BCUT2D eigenvalue weighted by Gasteiger charge is 2.16. The number of hydrogen-bond donors (Lipinski definition) is 0. The van der Waals surface area contributed by atoms with Crippen molar-refractivity contribution in [2.24, 2.45) is 0 Å². The van der Waals surface area contributed by atoms with Crippen molar-refractivity contribution in [1.29, 1.82) is 0 Å². The molecule has 0 amide bonds. The number of rotatable bonds is 5. The van der Waals surface area contributed by atoms with E-state index in [4.69, 9.17) is 16.3 Å². The molecule has 2 aromatic carbocycles. The molecule has 4 nitrogen and oxygen atoms in total. The van der Waals surface area contributed by atoms with Gasteiger partial charge in [0.25, 0.3) is 0 Å². The standard InChI is InChI=1S/C18H19ClO4S/c1-12(2)14-6-4-13(5-7-14)11-23-18(20)16-10-15(24(3,21)22)8-9-17(16)19/h4-10,12H,11H2,1-3H3. The molecule has 0 atom stereocenters. The van der Waals surface area contributed by atoms with Gasteiger partial charge in [0.05, 0.1) is 15.5 Å². The number of halogens is 1. The average Bonchev–Trinajstić information content (AvgIpc) is 2.52. The number of carbonyl (C=O) groups is 1. The number of esters is 1. The summed E-state index contributed by atoms with van der Waals surface area (Å²) in [5, 5.41) is 0.155. The van der Waals surface area contributed by atoms with Crippen LogP contribution >= 0.6 is 11.6 Å². The molecule has 0 radical (unpaired) electrons. The summed E-state index contributed by atoms with van der Waals surface area (Å²) in [4.78, 5) is 12.2. The second kappa shape index (κ2) is 7.36. The van der Waals surface area contributed by atoms with E-state index < -0.39 is 15.8 Å². The molecule has 24 heavy (non-hydrogen) atoms. The van der Waals surface area contributed by atoms with E-state index >= 15 is 0 Å². The summed E-state index contributed by atoms with van der Waals surface area (Å²) in [6.07, 6.45) is 1.07. The predicted molar refractivity (Wildman–Crippen MR) is 94.2 cm³/mol. The number of ether oxygens (including phenoxy) is 1. The largest absolute Gasteiger partial charge is 0.457 e. The number of hydrogen-bond acceptors (Lipinski definition) is 4. The van der Waals surface area contributed by atoms with E-state index in [1.165, 1.54) is 23.8 Å². The minimum absolute atomic E-state index is 0.0279. The van der Waals surface area contributed by atoms with Crippen LogP contribution in [0.2, 0.25) is 5.02 Å². The lowest BCUT2D eigenvalue weighted by Crippen LogP contribution is -2.08. The van der Waals surface area contributed by atoms with Gasteiger partial charge in [0.1, 0.15) is 6.61 Å². The fraction of sp³-hybridized carbons (Fsp3) is 0.278. The van der Waals surface area contributed by atoms with E-state index in [0.717, 1.165) is 11.8 Å². The summed E-state index contributed by atoms with van der Waals surface area (Å²) in [7, 11) is -3.42. The molecular weight excluding hydrogens is 348 g/mol. The zero-order valence-electron chi connectivity index (χ0n) is 13.7. The number of sulfone groups is 1. The van der Waals surface area contributed by atoms with Crippen LogP contribution in [0.25, 0.3) is 0 Å². The minimum Gasteiger partial charge on any atom is -0.457 e. The van der Waals surface area contributed by atoms with Crippen molar-refractivity contribution in [2.75, 3.05) is 6.26 Å². The zero-order valence-corrected chi connectivity index (χ0v) is 15.3. The Balaban J connectivity index is 2.12. The fourth-order valence-electron chi connectivity index (χ4n) is 2.12. The third-order valence-electron chi connectivity index (χ3n) is 3.60. The lowest BCUT2D eigenvalue weighted by atomic mass is 10.0. The van der Waals surface area contributed by atoms with Crippen molar-refractivity contribution in [3.63, 3.8) is 0 Å². The van der Waals surface area contributed by atoms with Crippen LogP contribution < -0.4 is 0 Å². The highest BCUT2D eigenvalue weighted by atomic mass is 35.5. The van der Waals surface area contributed by atoms with E-state index in [1.54, 1.807) is 0 Å². The third kappa shape index (κ3) is 4.58. The summed E-state index contributed by atoms with van der Waals surface area (Å²) in [6, 6.07) is 11.8. The van der Waals surface area contributed by atoms with Crippen LogP contribution in [-0.2, 0) is 21.2 Å². The fourth-order valence-corrected chi connectivity index (χ4v) is 2.96. The van der Waals surface area contributed by atoms with Gasteiger partial charge >= 0.3 is 5.97 Å². The van der Waals surface area contributed by atoms with Crippen molar-refractivity contribution < 1.29 is 17.9 Å². The van der Waals surface area contributed by atoms with Crippen molar-refractivity contribution in [3.05, 3.63) is 64.2 Å². The van der Waals surface area contributed by atoms with Crippen LogP contribution in [0.4, 0.5) is 0 Å². The van der Waals surface area contributed by atoms with Gasteiger partial charge in [-0.15, -0.1) is 0 Å². The summed E-state index contributed by atoms with van der Waals surface area (Å²) in [6.45, 7) is 4.30. The molecule has 0 heterocycles. The van der Waals surface area contributed by atoms with Gasteiger partial charge in [0.2, 0.25) is 0 Å². The van der Waals surface area contributed by atoms with Crippen LogP contribution in [0.3, 0.4) is 0 Å². The Morgan fingerprint density at radius 3 is 2.29 bits per heavy atom.